The first-order chi connectivity index (χ1) is 18.8. The third kappa shape index (κ3) is 7.35. The fourth-order valence-corrected chi connectivity index (χ4v) is 6.67. The molecule has 3 aliphatic rings. The largest absolute Gasteiger partial charge is 0.357 e. The van der Waals surface area contributed by atoms with E-state index < -0.39 is 17.5 Å². The molecule has 3 aliphatic heterocycles. The minimum atomic E-state index is -0.657. The van der Waals surface area contributed by atoms with Gasteiger partial charge >= 0.3 is 0 Å². The van der Waals surface area contributed by atoms with E-state index in [0.29, 0.717) is 19.5 Å². The topological polar surface area (TPSA) is 105 Å². The molecule has 228 valence electrons. The predicted molar refractivity (Wildman–Crippen MR) is 156 cm³/mol. The van der Waals surface area contributed by atoms with Crippen molar-refractivity contribution in [3.63, 3.8) is 0 Å². The zero-order valence-electron chi connectivity index (χ0n) is 26.2. The van der Waals surface area contributed by atoms with Crippen LogP contribution in [0, 0.1) is 11.3 Å². The molecule has 0 aromatic heterocycles. The second-order valence-electron chi connectivity index (χ2n) is 13.5. The molecule has 10 nitrogen and oxygen atoms in total. The number of likely N-dealkylation sites (tertiary alicyclic amines) is 3. The van der Waals surface area contributed by atoms with Crippen LogP contribution in [-0.4, -0.2) is 121 Å². The number of hydrogen-bond acceptors (Lipinski definition) is 6. The average Bonchev–Trinajstić information content (AvgIpc) is 3.58. The van der Waals surface area contributed by atoms with Crippen molar-refractivity contribution < 1.29 is 19.2 Å². The van der Waals surface area contributed by atoms with E-state index in [1.807, 2.05) is 34.9 Å². The van der Waals surface area contributed by atoms with Crippen LogP contribution in [0.4, 0.5) is 0 Å². The smallest absolute Gasteiger partial charge is 0.245 e. The minimum Gasteiger partial charge on any atom is -0.357 e. The fourth-order valence-electron chi connectivity index (χ4n) is 6.67. The van der Waals surface area contributed by atoms with Gasteiger partial charge in [-0.15, -0.1) is 0 Å². The van der Waals surface area contributed by atoms with Gasteiger partial charge < -0.3 is 20.4 Å². The molecule has 10 heteroatoms. The molecule has 0 saturated carbocycles. The van der Waals surface area contributed by atoms with Crippen molar-refractivity contribution in [1.82, 2.24) is 30.2 Å². The number of amides is 4. The molecule has 40 heavy (non-hydrogen) atoms. The lowest BCUT2D eigenvalue weighted by Gasteiger charge is -2.41. The lowest BCUT2D eigenvalue weighted by molar-refractivity contribution is -0.144. The normalized spacial score (nSPS) is 26.0. The Bertz CT molecular complexity index is 918. The maximum atomic E-state index is 14.0. The van der Waals surface area contributed by atoms with Gasteiger partial charge in [-0.2, -0.15) is 0 Å². The van der Waals surface area contributed by atoms with Crippen molar-refractivity contribution in [3.05, 3.63) is 0 Å². The van der Waals surface area contributed by atoms with Crippen LogP contribution in [0.25, 0.3) is 0 Å². The van der Waals surface area contributed by atoms with Crippen molar-refractivity contribution in [2.45, 2.75) is 110 Å². The van der Waals surface area contributed by atoms with Crippen molar-refractivity contribution in [2.75, 3.05) is 47.3 Å². The number of carbonyl (C=O) groups excluding carboxylic acids is 4. The van der Waals surface area contributed by atoms with Gasteiger partial charge in [0.1, 0.15) is 12.1 Å². The van der Waals surface area contributed by atoms with Crippen molar-refractivity contribution in [3.8, 4) is 0 Å². The molecule has 0 aliphatic carbocycles. The summed E-state index contributed by atoms with van der Waals surface area (Å²) in [5, 5.41) is 5.83. The SMILES string of the molecule is CNC(=O)[C@H]1CCCN1C(=O)[C@@H]1CCCN1C[C@H](C(C)C)N(C)C(=O)[C@@H](NC(=O)[C@H]1CCCCN1C)C(C)(C)C. The maximum absolute atomic E-state index is 14.0. The highest BCUT2D eigenvalue weighted by Gasteiger charge is 2.43. The van der Waals surface area contributed by atoms with Gasteiger partial charge in [0.25, 0.3) is 0 Å². The molecule has 0 aromatic carbocycles. The second-order valence-corrected chi connectivity index (χ2v) is 13.5. The summed E-state index contributed by atoms with van der Waals surface area (Å²) >= 11 is 0. The second kappa shape index (κ2) is 13.6. The van der Waals surface area contributed by atoms with E-state index >= 15 is 0 Å². The zero-order valence-corrected chi connectivity index (χ0v) is 26.2. The van der Waals surface area contributed by atoms with E-state index in [1.54, 1.807) is 16.8 Å². The molecule has 3 fully saturated rings. The van der Waals surface area contributed by atoms with Crippen LogP contribution in [0.2, 0.25) is 0 Å². The molecule has 0 spiro atoms. The van der Waals surface area contributed by atoms with Crippen molar-refractivity contribution in [2.24, 2.45) is 11.3 Å². The number of likely N-dealkylation sites (N-methyl/N-ethyl adjacent to an activating group) is 3. The van der Waals surface area contributed by atoms with E-state index in [4.69, 9.17) is 0 Å². The molecule has 3 heterocycles. The van der Waals surface area contributed by atoms with Crippen LogP contribution >= 0.6 is 0 Å². The highest BCUT2D eigenvalue weighted by Crippen LogP contribution is 2.28. The molecule has 0 radical (unpaired) electrons. The zero-order chi connectivity index (χ0) is 29.8. The third-order valence-electron chi connectivity index (χ3n) is 9.24. The van der Waals surface area contributed by atoms with Gasteiger partial charge in [0.15, 0.2) is 0 Å². The molecular weight excluding hydrogens is 508 g/mol. The summed E-state index contributed by atoms with van der Waals surface area (Å²) in [5.74, 6) is -0.103. The summed E-state index contributed by atoms with van der Waals surface area (Å²) < 4.78 is 0. The molecule has 0 unspecified atom stereocenters. The summed E-state index contributed by atoms with van der Waals surface area (Å²) in [7, 11) is 5.43. The van der Waals surface area contributed by atoms with Gasteiger partial charge in [0.05, 0.1) is 12.1 Å². The Kier molecular flexibility index (Phi) is 11.0. The number of nitrogens with zero attached hydrogens (tertiary/aromatic N) is 4. The standard InChI is InChI=1S/C30H54N6O4/c1-20(2)24(19-35-17-11-15-23(35)28(39)36-18-12-14-22(36)26(37)31-6)34(8)29(40)25(30(3,4)5)32-27(38)21-13-9-10-16-33(21)7/h20-25H,9-19H2,1-8H3,(H,31,37)(H,32,38)/t21-,22-,23+,24-,25-/m1/s1. The average molecular weight is 563 g/mol. The summed E-state index contributed by atoms with van der Waals surface area (Å²) in [6, 6.07) is -1.68. The Morgan fingerprint density at radius 2 is 1.50 bits per heavy atom. The molecule has 3 saturated heterocycles. The molecule has 5 atom stereocenters. The Morgan fingerprint density at radius 3 is 2.10 bits per heavy atom. The van der Waals surface area contributed by atoms with Crippen LogP contribution in [0.15, 0.2) is 0 Å². The minimum absolute atomic E-state index is 0.0246. The van der Waals surface area contributed by atoms with E-state index in [-0.39, 0.29) is 47.7 Å². The molecule has 0 bridgehead atoms. The number of carbonyl (C=O) groups is 4. The van der Waals surface area contributed by atoms with Gasteiger partial charge in [-0.3, -0.25) is 29.0 Å². The van der Waals surface area contributed by atoms with E-state index in [2.05, 4.69) is 34.3 Å². The van der Waals surface area contributed by atoms with Crippen molar-refractivity contribution >= 4 is 23.6 Å². The first kappa shape index (κ1) is 32.3. The summed E-state index contributed by atoms with van der Waals surface area (Å²) in [4.78, 5) is 61.3. The molecule has 2 N–H and O–H groups in total. The maximum Gasteiger partial charge on any atom is 0.245 e. The predicted octanol–water partition coefficient (Wildman–Crippen LogP) is 1.69. The summed E-state index contributed by atoms with van der Waals surface area (Å²) in [5.41, 5.74) is -0.466. The highest BCUT2D eigenvalue weighted by atomic mass is 16.2. The first-order valence-electron chi connectivity index (χ1n) is 15.3. The van der Waals surface area contributed by atoms with Crippen LogP contribution in [0.3, 0.4) is 0 Å². The van der Waals surface area contributed by atoms with E-state index in [9.17, 15) is 19.2 Å². The molecular formula is C30H54N6O4. The highest BCUT2D eigenvalue weighted by molar-refractivity contribution is 5.91. The molecule has 4 amide bonds. The number of piperidine rings is 1. The third-order valence-corrected chi connectivity index (χ3v) is 9.24. The first-order valence-corrected chi connectivity index (χ1v) is 15.3. The van der Waals surface area contributed by atoms with Gasteiger partial charge in [-0.25, -0.2) is 0 Å². The lowest BCUT2D eigenvalue weighted by Crippen LogP contribution is -2.61. The van der Waals surface area contributed by atoms with Crippen LogP contribution < -0.4 is 10.6 Å². The lowest BCUT2D eigenvalue weighted by atomic mass is 9.84. The van der Waals surface area contributed by atoms with Crippen molar-refractivity contribution in [1.29, 1.82) is 0 Å². The summed E-state index contributed by atoms with van der Waals surface area (Å²) in [6.45, 7) is 13.0. The van der Waals surface area contributed by atoms with Crippen LogP contribution in [-0.2, 0) is 19.2 Å². The van der Waals surface area contributed by atoms with Gasteiger partial charge in [0.2, 0.25) is 23.6 Å². The number of nitrogens with one attached hydrogen (secondary N) is 2. The molecule has 3 rings (SSSR count). The fraction of sp³-hybridized carbons (Fsp3) is 0.867. The monoisotopic (exact) mass is 562 g/mol. The van der Waals surface area contributed by atoms with Gasteiger partial charge in [-0.1, -0.05) is 41.0 Å². The van der Waals surface area contributed by atoms with Gasteiger partial charge in [0, 0.05) is 33.2 Å². The number of hydrogen-bond donors (Lipinski definition) is 2. The number of rotatable bonds is 9. The quantitative estimate of drug-likeness (QED) is 0.443. The Balaban J connectivity index is 1.74. The Morgan fingerprint density at radius 1 is 0.875 bits per heavy atom. The van der Waals surface area contributed by atoms with Gasteiger partial charge in [-0.05, 0) is 70.0 Å². The van der Waals surface area contributed by atoms with Crippen LogP contribution in [0.5, 0.6) is 0 Å². The van der Waals surface area contributed by atoms with Crippen LogP contribution in [0.1, 0.15) is 79.6 Å². The Labute approximate surface area is 241 Å². The van der Waals surface area contributed by atoms with E-state index in [0.717, 1.165) is 51.6 Å². The molecule has 0 aromatic rings. The Hall–Kier alpha value is -2.20. The summed E-state index contributed by atoms with van der Waals surface area (Å²) in [6.07, 6.45) is 6.11. The van der Waals surface area contributed by atoms with E-state index in [1.165, 1.54) is 0 Å².